The Kier molecular flexibility index (Phi) is 5.14. The Morgan fingerprint density at radius 3 is 2.58 bits per heavy atom. The topological polar surface area (TPSA) is 109 Å². The summed E-state index contributed by atoms with van der Waals surface area (Å²) < 4.78 is 1.51. The van der Waals surface area contributed by atoms with Crippen molar-refractivity contribution in [2.45, 2.75) is 6.54 Å². The van der Waals surface area contributed by atoms with Gasteiger partial charge in [-0.25, -0.2) is 4.68 Å². The molecule has 0 aliphatic heterocycles. The second-order valence-electron chi connectivity index (χ2n) is 5.36. The largest absolute Gasteiger partial charge is 0.507 e. The van der Waals surface area contributed by atoms with E-state index in [-0.39, 0.29) is 22.0 Å². The molecule has 132 valence electrons. The van der Waals surface area contributed by atoms with Crippen molar-refractivity contribution < 1.29 is 14.7 Å². The van der Waals surface area contributed by atoms with Crippen molar-refractivity contribution in [2.24, 2.45) is 0 Å². The number of hydrogen-bond donors (Lipinski definition) is 3. The fourth-order valence-electron chi connectivity index (χ4n) is 2.19. The summed E-state index contributed by atoms with van der Waals surface area (Å²) in [5, 5.41) is 17.6. The van der Waals surface area contributed by atoms with Crippen molar-refractivity contribution in [3.8, 4) is 5.75 Å². The minimum atomic E-state index is -0.713. The predicted molar refractivity (Wildman–Crippen MR) is 93.6 cm³/mol. The number of carbonyl (C=O) groups is 2. The SMILES string of the molecule is O=C(NNC(=O)c1cc(Cl)ccc1O)c1cn(Cc2ccccc2)nn1. The fourth-order valence-corrected chi connectivity index (χ4v) is 2.36. The molecular formula is C17H14ClN5O3. The molecule has 2 aromatic carbocycles. The van der Waals surface area contributed by atoms with Gasteiger partial charge in [0.05, 0.1) is 18.3 Å². The Morgan fingerprint density at radius 1 is 1.08 bits per heavy atom. The summed E-state index contributed by atoms with van der Waals surface area (Å²) in [6, 6.07) is 13.6. The molecule has 0 unspecified atom stereocenters. The minimum absolute atomic E-state index is 0.0385. The van der Waals surface area contributed by atoms with Crippen molar-refractivity contribution in [3.05, 3.63) is 76.6 Å². The first-order valence-electron chi connectivity index (χ1n) is 7.56. The first-order valence-corrected chi connectivity index (χ1v) is 7.94. The number of hydrogen-bond acceptors (Lipinski definition) is 5. The normalized spacial score (nSPS) is 10.3. The van der Waals surface area contributed by atoms with Crippen LogP contribution in [0.5, 0.6) is 5.75 Å². The second kappa shape index (κ2) is 7.66. The van der Waals surface area contributed by atoms with Gasteiger partial charge < -0.3 is 5.11 Å². The zero-order chi connectivity index (χ0) is 18.5. The van der Waals surface area contributed by atoms with Crippen LogP contribution >= 0.6 is 11.6 Å². The van der Waals surface area contributed by atoms with Crippen LogP contribution in [0.1, 0.15) is 26.4 Å². The highest BCUT2D eigenvalue weighted by Gasteiger charge is 2.15. The quantitative estimate of drug-likeness (QED) is 0.605. The third-order valence-corrected chi connectivity index (χ3v) is 3.69. The molecule has 2 amide bonds. The van der Waals surface area contributed by atoms with Crippen LogP contribution in [-0.4, -0.2) is 31.9 Å². The number of nitrogens with zero attached hydrogens (tertiary/aromatic N) is 3. The summed E-state index contributed by atoms with van der Waals surface area (Å²) in [6.07, 6.45) is 1.46. The lowest BCUT2D eigenvalue weighted by atomic mass is 10.2. The van der Waals surface area contributed by atoms with Crippen molar-refractivity contribution in [2.75, 3.05) is 0 Å². The number of amides is 2. The first kappa shape index (κ1) is 17.4. The van der Waals surface area contributed by atoms with Gasteiger partial charge in [0.25, 0.3) is 11.8 Å². The third kappa shape index (κ3) is 4.17. The van der Waals surface area contributed by atoms with Crippen LogP contribution in [0.2, 0.25) is 5.02 Å². The van der Waals surface area contributed by atoms with Gasteiger partial charge in [0, 0.05) is 5.02 Å². The van der Waals surface area contributed by atoms with Crippen molar-refractivity contribution >= 4 is 23.4 Å². The maximum Gasteiger partial charge on any atom is 0.291 e. The lowest BCUT2D eigenvalue weighted by molar-refractivity contribution is 0.0842. The van der Waals surface area contributed by atoms with Crippen LogP contribution in [0.4, 0.5) is 0 Å². The first-order chi connectivity index (χ1) is 12.5. The van der Waals surface area contributed by atoms with Gasteiger partial charge in [-0.15, -0.1) is 5.10 Å². The summed E-state index contributed by atoms with van der Waals surface area (Å²) in [4.78, 5) is 24.1. The van der Waals surface area contributed by atoms with Crippen LogP contribution in [0.25, 0.3) is 0 Å². The Balaban J connectivity index is 1.60. The van der Waals surface area contributed by atoms with E-state index in [0.29, 0.717) is 6.54 Å². The number of aromatic nitrogens is 3. The summed E-state index contributed by atoms with van der Waals surface area (Å²) in [6.45, 7) is 0.462. The summed E-state index contributed by atoms with van der Waals surface area (Å²) in [7, 11) is 0. The molecule has 8 nitrogen and oxygen atoms in total. The van der Waals surface area contributed by atoms with Crippen LogP contribution in [0.15, 0.2) is 54.7 Å². The molecule has 1 aromatic heterocycles. The standard InChI is InChI=1S/C17H14ClN5O3/c18-12-6-7-15(24)13(8-12)16(25)20-21-17(26)14-10-23(22-19-14)9-11-4-2-1-3-5-11/h1-8,10,24H,9H2,(H,20,25)(H,21,26). The second-order valence-corrected chi connectivity index (χ2v) is 5.79. The monoisotopic (exact) mass is 371 g/mol. The molecule has 9 heteroatoms. The highest BCUT2D eigenvalue weighted by Crippen LogP contribution is 2.20. The molecule has 0 aliphatic rings. The van der Waals surface area contributed by atoms with Gasteiger partial charge in [-0.2, -0.15) is 0 Å². The molecule has 0 atom stereocenters. The maximum absolute atomic E-state index is 12.1. The van der Waals surface area contributed by atoms with Crippen LogP contribution in [0.3, 0.4) is 0 Å². The number of phenols is 1. The summed E-state index contributed by atoms with van der Waals surface area (Å²) in [5.41, 5.74) is 5.39. The molecule has 26 heavy (non-hydrogen) atoms. The van der Waals surface area contributed by atoms with Gasteiger partial charge in [0.2, 0.25) is 0 Å². The molecule has 0 fully saturated rings. The van der Waals surface area contributed by atoms with E-state index in [4.69, 9.17) is 11.6 Å². The van der Waals surface area contributed by atoms with Gasteiger partial charge in [0.15, 0.2) is 5.69 Å². The molecule has 0 saturated heterocycles. The molecule has 3 rings (SSSR count). The van der Waals surface area contributed by atoms with Crippen molar-refractivity contribution in [1.29, 1.82) is 0 Å². The molecule has 0 bridgehead atoms. The number of rotatable bonds is 4. The van der Waals surface area contributed by atoms with Crippen LogP contribution in [-0.2, 0) is 6.54 Å². The van der Waals surface area contributed by atoms with E-state index in [1.165, 1.54) is 29.1 Å². The van der Waals surface area contributed by atoms with E-state index in [2.05, 4.69) is 21.2 Å². The molecule has 0 saturated carbocycles. The zero-order valence-corrected chi connectivity index (χ0v) is 14.1. The molecule has 0 radical (unpaired) electrons. The smallest absolute Gasteiger partial charge is 0.291 e. The van der Waals surface area contributed by atoms with Gasteiger partial charge >= 0.3 is 0 Å². The van der Waals surface area contributed by atoms with Gasteiger partial charge in [-0.3, -0.25) is 20.4 Å². The Bertz CT molecular complexity index is 943. The number of halogens is 1. The maximum atomic E-state index is 12.1. The Hall–Kier alpha value is -3.39. The number of benzene rings is 2. The lowest BCUT2D eigenvalue weighted by Crippen LogP contribution is -2.41. The van der Waals surface area contributed by atoms with Crippen molar-refractivity contribution in [3.63, 3.8) is 0 Å². The van der Waals surface area contributed by atoms with Gasteiger partial charge in [-0.05, 0) is 23.8 Å². The average molecular weight is 372 g/mol. The van der Waals surface area contributed by atoms with E-state index in [1.54, 1.807) is 0 Å². The van der Waals surface area contributed by atoms with Gasteiger partial charge in [-0.1, -0.05) is 47.1 Å². The molecule has 3 N–H and O–H groups in total. The Labute approximate surface area is 153 Å². The molecule has 3 aromatic rings. The van der Waals surface area contributed by atoms with Gasteiger partial charge in [0.1, 0.15) is 5.75 Å². The van der Waals surface area contributed by atoms with E-state index < -0.39 is 11.8 Å². The predicted octanol–water partition coefficient (Wildman–Crippen LogP) is 1.76. The summed E-state index contributed by atoms with van der Waals surface area (Å²) >= 11 is 5.79. The number of hydrazine groups is 1. The average Bonchev–Trinajstić information content (AvgIpc) is 3.11. The van der Waals surface area contributed by atoms with E-state index in [1.807, 2.05) is 30.3 Å². The molecule has 1 heterocycles. The van der Waals surface area contributed by atoms with E-state index >= 15 is 0 Å². The van der Waals surface area contributed by atoms with E-state index in [9.17, 15) is 14.7 Å². The highest BCUT2D eigenvalue weighted by atomic mass is 35.5. The summed E-state index contributed by atoms with van der Waals surface area (Å²) in [5.74, 6) is -1.61. The number of nitrogens with one attached hydrogen (secondary N) is 2. The number of carbonyl (C=O) groups excluding carboxylic acids is 2. The molecule has 0 spiro atoms. The zero-order valence-electron chi connectivity index (χ0n) is 13.4. The lowest BCUT2D eigenvalue weighted by Gasteiger charge is -2.07. The van der Waals surface area contributed by atoms with Crippen LogP contribution < -0.4 is 10.9 Å². The number of phenolic OH excluding ortho intramolecular Hbond substituents is 1. The minimum Gasteiger partial charge on any atom is -0.507 e. The number of aromatic hydroxyl groups is 1. The highest BCUT2D eigenvalue weighted by molar-refractivity contribution is 6.31. The molecular weight excluding hydrogens is 358 g/mol. The molecule has 0 aliphatic carbocycles. The Morgan fingerprint density at radius 2 is 1.81 bits per heavy atom. The third-order valence-electron chi connectivity index (χ3n) is 3.45. The van der Waals surface area contributed by atoms with Crippen LogP contribution in [0, 0.1) is 0 Å². The van der Waals surface area contributed by atoms with Crippen molar-refractivity contribution in [1.82, 2.24) is 25.8 Å². The van der Waals surface area contributed by atoms with E-state index in [0.717, 1.165) is 5.56 Å². The fraction of sp³-hybridized carbons (Fsp3) is 0.0588.